The number of hydrogen-bond donors (Lipinski definition) is 1. The Balaban J connectivity index is 1.17. The smallest absolute Gasteiger partial charge is 0.171 e. The monoisotopic (exact) mass is 578 g/mol. The third-order valence-corrected chi connectivity index (χ3v) is 8.07. The maximum atomic E-state index is 5.02. The van der Waals surface area contributed by atoms with Crippen LogP contribution in [0, 0.1) is 0 Å². The van der Waals surface area contributed by atoms with Crippen molar-refractivity contribution in [3.8, 4) is 0 Å². The molecule has 1 saturated heterocycles. The molecule has 2 aromatic carbocycles. The molecule has 1 aliphatic heterocycles. The molecule has 39 heavy (non-hydrogen) atoms. The lowest BCUT2D eigenvalue weighted by Crippen LogP contribution is -2.32. The van der Waals surface area contributed by atoms with Gasteiger partial charge in [0.15, 0.2) is 5.65 Å². The Morgan fingerprint density at radius 2 is 1.72 bits per heavy atom. The Hall–Kier alpha value is -3.97. The van der Waals surface area contributed by atoms with Crippen LogP contribution in [0.1, 0.15) is 46.7 Å². The van der Waals surface area contributed by atoms with Gasteiger partial charge in [-0.1, -0.05) is 67.2 Å². The lowest BCUT2D eigenvalue weighted by Gasteiger charge is -2.35. The number of anilines is 1. The molecule has 6 nitrogen and oxygen atoms in total. The third-order valence-electron chi connectivity index (χ3n) is 7.51. The molecule has 1 aliphatic rings. The number of halogens is 1. The van der Waals surface area contributed by atoms with E-state index in [0.717, 1.165) is 65.2 Å². The first kappa shape index (κ1) is 25.3. The fourth-order valence-electron chi connectivity index (χ4n) is 5.37. The number of likely N-dealkylation sites (tertiary alicyclic amines) is 1. The van der Waals surface area contributed by atoms with Crippen LogP contribution < -0.4 is 5.32 Å². The van der Waals surface area contributed by atoms with Crippen LogP contribution in [0.4, 0.5) is 5.82 Å². The van der Waals surface area contributed by atoms with Gasteiger partial charge in [0.05, 0.1) is 10.7 Å². The van der Waals surface area contributed by atoms with Gasteiger partial charge in [0.1, 0.15) is 5.82 Å². The Morgan fingerprint density at radius 3 is 2.51 bits per heavy atom. The van der Waals surface area contributed by atoms with Gasteiger partial charge in [-0.2, -0.15) is 9.61 Å². The van der Waals surface area contributed by atoms with Crippen molar-refractivity contribution in [2.45, 2.75) is 31.7 Å². The van der Waals surface area contributed by atoms with Gasteiger partial charge >= 0.3 is 0 Å². The highest BCUT2D eigenvalue weighted by molar-refractivity contribution is 9.10. The molecule has 7 heteroatoms. The normalized spacial score (nSPS) is 14.0. The van der Waals surface area contributed by atoms with Crippen molar-refractivity contribution in [2.24, 2.45) is 0 Å². The Bertz CT molecular complexity index is 1570. The number of nitrogens with one attached hydrogen (secondary N) is 1. The maximum absolute atomic E-state index is 5.02. The summed E-state index contributed by atoms with van der Waals surface area (Å²) in [6.45, 7) is 7.12. The van der Waals surface area contributed by atoms with E-state index < -0.39 is 0 Å². The number of piperidine rings is 1. The zero-order valence-electron chi connectivity index (χ0n) is 21.8. The first-order valence-electron chi connectivity index (χ1n) is 13.4. The van der Waals surface area contributed by atoms with Crippen LogP contribution in [-0.4, -0.2) is 37.6 Å². The molecule has 1 N–H and O–H groups in total. The second-order valence-corrected chi connectivity index (χ2v) is 10.9. The topological polar surface area (TPSA) is 58.4 Å². The van der Waals surface area contributed by atoms with Crippen LogP contribution in [0.25, 0.3) is 11.3 Å². The van der Waals surface area contributed by atoms with E-state index in [-0.39, 0.29) is 0 Å². The molecular weight excluding hydrogens is 548 g/mol. The molecule has 1 fully saturated rings. The van der Waals surface area contributed by atoms with Crippen molar-refractivity contribution in [1.29, 1.82) is 0 Å². The van der Waals surface area contributed by atoms with Gasteiger partial charge in [0, 0.05) is 61.0 Å². The number of fused-ring (bicyclic) bond motifs is 1. The summed E-state index contributed by atoms with van der Waals surface area (Å²) in [5.41, 5.74) is 8.05. The first-order valence-corrected chi connectivity index (χ1v) is 14.2. The number of rotatable bonds is 8. The lowest BCUT2D eigenvalue weighted by atomic mass is 9.91. The van der Waals surface area contributed by atoms with E-state index in [1.54, 1.807) is 12.4 Å². The number of hydrogen-bond acceptors (Lipinski definition) is 5. The molecule has 3 aromatic heterocycles. The Labute approximate surface area is 237 Å². The molecule has 0 aliphatic carbocycles. The van der Waals surface area contributed by atoms with Crippen LogP contribution in [0.5, 0.6) is 0 Å². The van der Waals surface area contributed by atoms with Crippen LogP contribution in [0.2, 0.25) is 0 Å². The molecule has 0 atom stereocenters. The van der Waals surface area contributed by atoms with Gasteiger partial charge in [-0.25, -0.2) is 4.98 Å². The Morgan fingerprint density at radius 1 is 0.949 bits per heavy atom. The quantitative estimate of drug-likeness (QED) is 0.216. The molecule has 0 bridgehead atoms. The van der Waals surface area contributed by atoms with Crippen molar-refractivity contribution < 1.29 is 0 Å². The van der Waals surface area contributed by atoms with E-state index in [1.165, 1.54) is 16.7 Å². The average Bonchev–Trinajstić information content (AvgIpc) is 3.37. The SMILES string of the molecule is C=C(c1ccccc1Cc1ccccc1)N1CCC(c2cc(NCc3cccnc3)n3ncc(Br)c3n2)CC1. The van der Waals surface area contributed by atoms with Crippen molar-refractivity contribution in [1.82, 2.24) is 24.5 Å². The predicted molar refractivity (Wildman–Crippen MR) is 161 cm³/mol. The zero-order valence-corrected chi connectivity index (χ0v) is 23.4. The molecular formula is C32H31BrN6. The average molecular weight is 580 g/mol. The third kappa shape index (κ3) is 5.59. The molecule has 0 saturated carbocycles. The van der Waals surface area contributed by atoms with Gasteiger partial charge in [-0.05, 0) is 57.9 Å². The maximum Gasteiger partial charge on any atom is 0.171 e. The highest BCUT2D eigenvalue weighted by Crippen LogP contribution is 2.34. The van der Waals surface area contributed by atoms with Crippen LogP contribution >= 0.6 is 15.9 Å². The lowest BCUT2D eigenvalue weighted by molar-refractivity contribution is 0.296. The van der Waals surface area contributed by atoms with Crippen molar-refractivity contribution in [3.05, 3.63) is 130 Å². The second kappa shape index (κ2) is 11.4. The van der Waals surface area contributed by atoms with Crippen LogP contribution in [-0.2, 0) is 13.0 Å². The molecule has 0 amide bonds. The summed E-state index contributed by atoms with van der Waals surface area (Å²) in [5.74, 6) is 1.31. The number of benzene rings is 2. The molecule has 4 heterocycles. The zero-order chi connectivity index (χ0) is 26.6. The van der Waals surface area contributed by atoms with Crippen molar-refractivity contribution in [3.63, 3.8) is 0 Å². The van der Waals surface area contributed by atoms with Gasteiger partial charge in [-0.15, -0.1) is 0 Å². The van der Waals surface area contributed by atoms with E-state index in [9.17, 15) is 0 Å². The van der Waals surface area contributed by atoms with Gasteiger partial charge in [0.25, 0.3) is 0 Å². The number of nitrogens with zero attached hydrogens (tertiary/aromatic N) is 5. The summed E-state index contributed by atoms with van der Waals surface area (Å²) in [6.07, 6.45) is 8.44. The van der Waals surface area contributed by atoms with Gasteiger partial charge in [0.2, 0.25) is 0 Å². The summed E-state index contributed by atoms with van der Waals surface area (Å²) >= 11 is 3.64. The minimum absolute atomic E-state index is 0.374. The predicted octanol–water partition coefficient (Wildman–Crippen LogP) is 6.94. The molecule has 0 radical (unpaired) electrons. The van der Waals surface area contributed by atoms with Crippen LogP contribution in [0.15, 0.2) is 102 Å². The molecule has 196 valence electrons. The fraction of sp³-hybridized carbons (Fsp3) is 0.219. The van der Waals surface area contributed by atoms with E-state index in [1.807, 2.05) is 16.8 Å². The van der Waals surface area contributed by atoms with E-state index in [0.29, 0.717) is 12.5 Å². The second-order valence-electron chi connectivity index (χ2n) is 10.0. The standard InChI is InChI=1S/C32H31BrN6/c1-23(28-12-6-5-11-27(28)18-24-8-3-2-4-9-24)38-16-13-26(14-17-38)30-19-31(35-21-25-10-7-15-34-20-25)39-32(37-30)29(33)22-36-39/h2-12,15,19-20,22,26,35H,1,13-14,16-18,21H2. The van der Waals surface area contributed by atoms with Crippen molar-refractivity contribution in [2.75, 3.05) is 18.4 Å². The fourth-order valence-corrected chi connectivity index (χ4v) is 5.72. The summed E-state index contributed by atoms with van der Waals surface area (Å²) in [7, 11) is 0. The minimum Gasteiger partial charge on any atom is -0.371 e. The number of pyridine rings is 1. The molecule has 0 unspecified atom stereocenters. The first-order chi connectivity index (χ1) is 19.2. The van der Waals surface area contributed by atoms with E-state index in [2.05, 4.69) is 110 Å². The summed E-state index contributed by atoms with van der Waals surface area (Å²) in [6, 6.07) is 25.5. The van der Waals surface area contributed by atoms with Crippen LogP contribution in [0.3, 0.4) is 0 Å². The minimum atomic E-state index is 0.374. The highest BCUT2D eigenvalue weighted by Gasteiger charge is 2.25. The molecule has 6 rings (SSSR count). The Kier molecular flexibility index (Phi) is 7.41. The highest BCUT2D eigenvalue weighted by atomic mass is 79.9. The van der Waals surface area contributed by atoms with Gasteiger partial charge in [-0.3, -0.25) is 4.98 Å². The largest absolute Gasteiger partial charge is 0.371 e. The van der Waals surface area contributed by atoms with E-state index in [4.69, 9.17) is 4.98 Å². The number of aromatic nitrogens is 4. The molecule has 0 spiro atoms. The van der Waals surface area contributed by atoms with E-state index >= 15 is 0 Å². The summed E-state index contributed by atoms with van der Waals surface area (Å²) in [4.78, 5) is 11.7. The van der Waals surface area contributed by atoms with Crippen molar-refractivity contribution >= 4 is 33.1 Å². The van der Waals surface area contributed by atoms with Gasteiger partial charge < -0.3 is 10.2 Å². The summed E-state index contributed by atoms with van der Waals surface area (Å²) < 4.78 is 2.76. The molecule has 5 aromatic rings. The summed E-state index contributed by atoms with van der Waals surface area (Å²) in [5, 5.41) is 8.08.